The van der Waals surface area contributed by atoms with Crippen LogP contribution in [0.4, 0.5) is 0 Å². The molecule has 0 radical (unpaired) electrons. The second kappa shape index (κ2) is 70.9. The van der Waals surface area contributed by atoms with Gasteiger partial charge in [-0.15, -0.1) is 0 Å². The highest BCUT2D eigenvalue weighted by molar-refractivity contribution is 5.71. The Morgan fingerprint density at radius 1 is 0.244 bits per heavy atom. The van der Waals surface area contributed by atoms with Crippen LogP contribution in [0.1, 0.15) is 400 Å². The lowest BCUT2D eigenvalue weighted by Crippen LogP contribution is -2.30. The Morgan fingerprint density at radius 2 is 0.451 bits per heavy atom. The number of hydrogen-bond donors (Lipinski definition) is 0. The molecule has 82 heavy (non-hydrogen) atoms. The fourth-order valence-electron chi connectivity index (χ4n) is 11.0. The standard InChI is InChI=1S/C76H140O6/c1-4-7-10-13-16-19-22-25-28-30-32-34-35-36-37-38-39-40-41-43-44-46-48-51-54-57-60-63-66-69-75(78)81-72-73(71-80-74(77)68-65-62-59-56-53-50-27-24-21-18-15-12-9-6-3)82-76(79)70-67-64-61-58-55-52-49-47-45-42-33-31-29-26-23-20-17-14-11-8-5-2/h15,18,23-24,26-27,31,33,73H,4-14,16-17,19-22,25,28-30,32,34-72H2,1-3H3/b18-15-,26-23-,27-24-,33-31-. The molecule has 0 spiro atoms. The van der Waals surface area contributed by atoms with Crippen molar-refractivity contribution in [3.8, 4) is 0 Å². The van der Waals surface area contributed by atoms with Crippen molar-refractivity contribution in [1.82, 2.24) is 0 Å². The first kappa shape index (κ1) is 79.4. The van der Waals surface area contributed by atoms with Crippen LogP contribution in [-0.2, 0) is 28.6 Å². The summed E-state index contributed by atoms with van der Waals surface area (Å²) in [6.07, 6.45) is 90.1. The van der Waals surface area contributed by atoms with Gasteiger partial charge in [-0.2, -0.15) is 0 Å². The predicted molar refractivity (Wildman–Crippen MR) is 358 cm³/mol. The van der Waals surface area contributed by atoms with Gasteiger partial charge in [-0.05, 0) is 77.0 Å². The van der Waals surface area contributed by atoms with Crippen molar-refractivity contribution in [2.24, 2.45) is 0 Å². The highest BCUT2D eigenvalue weighted by Gasteiger charge is 2.19. The zero-order chi connectivity index (χ0) is 59.2. The minimum absolute atomic E-state index is 0.0754. The lowest BCUT2D eigenvalue weighted by Gasteiger charge is -2.18. The maximum Gasteiger partial charge on any atom is 0.306 e. The Morgan fingerprint density at radius 3 is 0.707 bits per heavy atom. The van der Waals surface area contributed by atoms with Crippen LogP contribution in [0.3, 0.4) is 0 Å². The van der Waals surface area contributed by atoms with E-state index in [2.05, 4.69) is 69.4 Å². The lowest BCUT2D eigenvalue weighted by atomic mass is 10.0. The number of rotatable bonds is 68. The normalized spacial score (nSPS) is 12.3. The van der Waals surface area contributed by atoms with E-state index < -0.39 is 6.10 Å². The van der Waals surface area contributed by atoms with E-state index in [1.54, 1.807) is 0 Å². The van der Waals surface area contributed by atoms with Crippen LogP contribution < -0.4 is 0 Å². The summed E-state index contributed by atoms with van der Waals surface area (Å²) in [5.41, 5.74) is 0. The van der Waals surface area contributed by atoms with Gasteiger partial charge in [0.15, 0.2) is 6.10 Å². The van der Waals surface area contributed by atoms with Crippen molar-refractivity contribution in [1.29, 1.82) is 0 Å². The van der Waals surface area contributed by atoms with Gasteiger partial charge in [0.05, 0.1) is 0 Å². The van der Waals surface area contributed by atoms with Crippen molar-refractivity contribution in [3.05, 3.63) is 48.6 Å². The molecule has 1 atom stereocenters. The first-order chi connectivity index (χ1) is 40.5. The highest BCUT2D eigenvalue weighted by Crippen LogP contribution is 2.19. The SMILES string of the molecule is CCCC/C=C\C/C=C\CCCCCCCC(=O)OCC(COC(=O)CCCCCCCCCCCCCCCCCCCCCCCCCCCCCCC)OC(=O)CCCCCCCCCCC/C=C\C/C=C\CCCCCCC. The Balaban J connectivity index is 4.21. The van der Waals surface area contributed by atoms with E-state index >= 15 is 0 Å². The Labute approximate surface area is 511 Å². The third kappa shape index (κ3) is 68.2. The fraction of sp³-hybridized carbons (Fsp3) is 0.855. The van der Waals surface area contributed by atoms with Gasteiger partial charge in [0, 0.05) is 19.3 Å². The molecule has 1 unspecified atom stereocenters. The van der Waals surface area contributed by atoms with Crippen LogP contribution in [-0.4, -0.2) is 37.2 Å². The van der Waals surface area contributed by atoms with Gasteiger partial charge >= 0.3 is 17.9 Å². The lowest BCUT2D eigenvalue weighted by molar-refractivity contribution is -0.167. The van der Waals surface area contributed by atoms with Crippen LogP contribution in [0.2, 0.25) is 0 Å². The maximum absolute atomic E-state index is 13.0. The van der Waals surface area contributed by atoms with Crippen LogP contribution in [0, 0.1) is 0 Å². The predicted octanol–water partition coefficient (Wildman–Crippen LogP) is 25.3. The second-order valence-electron chi connectivity index (χ2n) is 24.9. The molecular formula is C76H140O6. The molecule has 6 nitrogen and oxygen atoms in total. The monoisotopic (exact) mass is 1150 g/mol. The largest absolute Gasteiger partial charge is 0.462 e. The maximum atomic E-state index is 13.0. The molecule has 0 amide bonds. The van der Waals surface area contributed by atoms with E-state index in [1.807, 2.05) is 0 Å². The first-order valence-corrected chi connectivity index (χ1v) is 36.6. The quantitative estimate of drug-likeness (QED) is 0.0261. The Hall–Kier alpha value is -2.63. The minimum Gasteiger partial charge on any atom is -0.462 e. The van der Waals surface area contributed by atoms with Crippen LogP contribution >= 0.6 is 0 Å². The zero-order valence-electron chi connectivity index (χ0n) is 55.3. The molecule has 0 aliphatic heterocycles. The van der Waals surface area contributed by atoms with Crippen molar-refractivity contribution in [3.63, 3.8) is 0 Å². The number of allylic oxidation sites excluding steroid dienone is 8. The van der Waals surface area contributed by atoms with E-state index in [0.717, 1.165) is 83.5 Å². The first-order valence-electron chi connectivity index (χ1n) is 36.6. The molecule has 0 rings (SSSR count). The van der Waals surface area contributed by atoms with Gasteiger partial charge in [-0.3, -0.25) is 14.4 Å². The number of ether oxygens (including phenoxy) is 3. The smallest absolute Gasteiger partial charge is 0.306 e. The molecule has 0 saturated heterocycles. The molecule has 0 aromatic heterocycles. The van der Waals surface area contributed by atoms with Crippen LogP contribution in [0.15, 0.2) is 48.6 Å². The summed E-state index contributed by atoms with van der Waals surface area (Å²) < 4.78 is 17.0. The summed E-state index contributed by atoms with van der Waals surface area (Å²) in [5.74, 6) is -0.868. The zero-order valence-corrected chi connectivity index (χ0v) is 55.3. The average molecular weight is 1150 g/mol. The molecular weight excluding hydrogens is 1010 g/mol. The van der Waals surface area contributed by atoms with E-state index in [9.17, 15) is 14.4 Å². The fourth-order valence-corrected chi connectivity index (χ4v) is 11.0. The molecule has 480 valence electrons. The molecule has 0 N–H and O–H groups in total. The number of carbonyl (C=O) groups excluding carboxylic acids is 3. The van der Waals surface area contributed by atoms with E-state index in [-0.39, 0.29) is 31.1 Å². The summed E-state index contributed by atoms with van der Waals surface area (Å²) in [6.45, 7) is 6.64. The minimum atomic E-state index is -0.781. The third-order valence-electron chi connectivity index (χ3n) is 16.6. The van der Waals surface area contributed by atoms with Gasteiger partial charge in [0.25, 0.3) is 0 Å². The van der Waals surface area contributed by atoms with Gasteiger partial charge in [-0.1, -0.05) is 352 Å². The third-order valence-corrected chi connectivity index (χ3v) is 16.6. The Kier molecular flexibility index (Phi) is 68.6. The molecule has 0 aromatic rings. The molecule has 6 heteroatoms. The van der Waals surface area contributed by atoms with Gasteiger partial charge in [0.1, 0.15) is 13.2 Å². The average Bonchev–Trinajstić information content (AvgIpc) is 3.48. The molecule has 0 aliphatic rings. The van der Waals surface area contributed by atoms with E-state index in [1.165, 1.54) is 276 Å². The topological polar surface area (TPSA) is 78.9 Å². The summed E-state index contributed by atoms with van der Waals surface area (Å²) in [4.78, 5) is 38.4. The highest BCUT2D eigenvalue weighted by atomic mass is 16.6. The second-order valence-corrected chi connectivity index (χ2v) is 24.9. The molecule has 0 aromatic carbocycles. The van der Waals surface area contributed by atoms with Gasteiger partial charge in [0.2, 0.25) is 0 Å². The number of carbonyl (C=O) groups is 3. The number of hydrogen-bond acceptors (Lipinski definition) is 6. The number of unbranched alkanes of at least 4 members (excludes halogenated alkanes) is 49. The van der Waals surface area contributed by atoms with E-state index in [4.69, 9.17) is 14.2 Å². The van der Waals surface area contributed by atoms with Gasteiger partial charge < -0.3 is 14.2 Å². The van der Waals surface area contributed by atoms with Gasteiger partial charge in [-0.25, -0.2) is 0 Å². The molecule has 0 saturated carbocycles. The van der Waals surface area contributed by atoms with Crippen molar-refractivity contribution in [2.45, 2.75) is 406 Å². The summed E-state index contributed by atoms with van der Waals surface area (Å²) in [7, 11) is 0. The molecule has 0 bridgehead atoms. The van der Waals surface area contributed by atoms with Crippen molar-refractivity contribution >= 4 is 17.9 Å². The molecule has 0 fully saturated rings. The molecule has 0 heterocycles. The van der Waals surface area contributed by atoms with Crippen LogP contribution in [0.25, 0.3) is 0 Å². The number of esters is 3. The Bertz CT molecular complexity index is 1410. The van der Waals surface area contributed by atoms with Crippen LogP contribution in [0.5, 0.6) is 0 Å². The van der Waals surface area contributed by atoms with Crippen molar-refractivity contribution in [2.75, 3.05) is 13.2 Å². The van der Waals surface area contributed by atoms with Crippen molar-refractivity contribution < 1.29 is 28.6 Å². The summed E-state index contributed by atoms with van der Waals surface area (Å²) in [5, 5.41) is 0. The summed E-state index contributed by atoms with van der Waals surface area (Å²) in [6, 6.07) is 0. The summed E-state index contributed by atoms with van der Waals surface area (Å²) >= 11 is 0. The molecule has 0 aliphatic carbocycles. The van der Waals surface area contributed by atoms with E-state index in [0.29, 0.717) is 19.3 Å².